The van der Waals surface area contributed by atoms with Crippen molar-refractivity contribution in [2.24, 2.45) is 0 Å². The number of rotatable bonds is 6. The first-order chi connectivity index (χ1) is 7.67. The van der Waals surface area contributed by atoms with Crippen LogP contribution in [-0.4, -0.2) is 43.7 Å². The molecule has 0 spiro atoms. The molecule has 16 heavy (non-hydrogen) atoms. The molecule has 0 saturated carbocycles. The third kappa shape index (κ3) is 3.66. The Hall–Kier alpha value is -1.36. The third-order valence-electron chi connectivity index (χ3n) is 2.37. The minimum absolute atomic E-state index is 0.796. The van der Waals surface area contributed by atoms with Crippen molar-refractivity contribution < 1.29 is 0 Å². The van der Waals surface area contributed by atoms with Crippen LogP contribution >= 0.6 is 0 Å². The second-order valence-corrected chi connectivity index (χ2v) is 3.70. The summed E-state index contributed by atoms with van der Waals surface area (Å²) in [6, 6.07) is 1.98. The van der Waals surface area contributed by atoms with Crippen LogP contribution in [0, 0.1) is 6.92 Å². The number of aryl methyl sites for hydroxylation is 1. The fourth-order valence-electron chi connectivity index (χ4n) is 1.32. The second-order valence-electron chi connectivity index (χ2n) is 3.70. The van der Waals surface area contributed by atoms with Crippen LogP contribution in [0.2, 0.25) is 0 Å². The molecule has 0 fully saturated rings. The van der Waals surface area contributed by atoms with Gasteiger partial charge in [0.15, 0.2) is 0 Å². The lowest BCUT2D eigenvalue weighted by atomic mass is 10.4. The molecule has 0 aliphatic carbocycles. The van der Waals surface area contributed by atoms with E-state index in [1.807, 2.05) is 27.1 Å². The second kappa shape index (κ2) is 6.27. The predicted molar refractivity (Wildman–Crippen MR) is 68.1 cm³/mol. The summed E-state index contributed by atoms with van der Waals surface area (Å²) in [7, 11) is 3.96. The zero-order chi connectivity index (χ0) is 12.0. The summed E-state index contributed by atoms with van der Waals surface area (Å²) in [6.45, 7) is 6.73. The minimum Gasteiger partial charge on any atom is -0.369 e. The smallest absolute Gasteiger partial charge is 0.134 e. The number of likely N-dealkylation sites (N-methyl/N-ethyl adjacent to an activating group) is 1. The SMILES string of the molecule is CCN(C)c1cc(NCCNC)nc(C)n1. The molecule has 0 bridgehead atoms. The Morgan fingerprint density at radius 3 is 2.69 bits per heavy atom. The van der Waals surface area contributed by atoms with Crippen LogP contribution in [0.4, 0.5) is 11.6 Å². The number of hydrogen-bond donors (Lipinski definition) is 2. The van der Waals surface area contributed by atoms with E-state index in [9.17, 15) is 0 Å². The van der Waals surface area contributed by atoms with Crippen LogP contribution in [0.25, 0.3) is 0 Å². The molecule has 0 unspecified atom stereocenters. The lowest BCUT2D eigenvalue weighted by Gasteiger charge is -2.17. The van der Waals surface area contributed by atoms with Crippen LogP contribution < -0.4 is 15.5 Å². The van der Waals surface area contributed by atoms with Crippen LogP contribution in [0.1, 0.15) is 12.7 Å². The zero-order valence-corrected chi connectivity index (χ0v) is 10.5. The van der Waals surface area contributed by atoms with Gasteiger partial charge in [-0.05, 0) is 20.9 Å². The van der Waals surface area contributed by atoms with Crippen molar-refractivity contribution in [1.82, 2.24) is 15.3 Å². The molecule has 5 nitrogen and oxygen atoms in total. The van der Waals surface area contributed by atoms with Gasteiger partial charge in [-0.25, -0.2) is 9.97 Å². The van der Waals surface area contributed by atoms with Crippen molar-refractivity contribution in [2.45, 2.75) is 13.8 Å². The molecule has 1 rings (SSSR count). The van der Waals surface area contributed by atoms with Crippen molar-refractivity contribution in [2.75, 3.05) is 43.9 Å². The van der Waals surface area contributed by atoms with Gasteiger partial charge < -0.3 is 15.5 Å². The minimum atomic E-state index is 0.796. The first-order valence-electron chi connectivity index (χ1n) is 5.62. The monoisotopic (exact) mass is 223 g/mol. The Bertz CT molecular complexity index is 326. The first-order valence-corrected chi connectivity index (χ1v) is 5.62. The van der Waals surface area contributed by atoms with Crippen LogP contribution in [0.3, 0.4) is 0 Å². The van der Waals surface area contributed by atoms with E-state index < -0.39 is 0 Å². The van der Waals surface area contributed by atoms with Gasteiger partial charge >= 0.3 is 0 Å². The Kier molecular flexibility index (Phi) is 4.98. The fourth-order valence-corrected chi connectivity index (χ4v) is 1.32. The van der Waals surface area contributed by atoms with Gasteiger partial charge in [0, 0.05) is 32.7 Å². The van der Waals surface area contributed by atoms with Crippen molar-refractivity contribution in [3.63, 3.8) is 0 Å². The standard InChI is InChI=1S/C11H21N5/c1-5-16(4)11-8-10(13-7-6-12-3)14-9(2)15-11/h8,12H,5-7H2,1-4H3,(H,13,14,15). The van der Waals surface area contributed by atoms with E-state index >= 15 is 0 Å². The number of nitrogens with one attached hydrogen (secondary N) is 2. The number of anilines is 2. The molecule has 1 heterocycles. The van der Waals surface area contributed by atoms with Crippen molar-refractivity contribution >= 4 is 11.6 Å². The highest BCUT2D eigenvalue weighted by Gasteiger charge is 2.04. The van der Waals surface area contributed by atoms with Crippen LogP contribution in [0.5, 0.6) is 0 Å². The fraction of sp³-hybridized carbons (Fsp3) is 0.636. The first kappa shape index (κ1) is 12.7. The van der Waals surface area contributed by atoms with E-state index in [-0.39, 0.29) is 0 Å². The third-order valence-corrected chi connectivity index (χ3v) is 2.37. The number of nitrogens with zero attached hydrogens (tertiary/aromatic N) is 3. The maximum Gasteiger partial charge on any atom is 0.134 e. The summed E-state index contributed by atoms with van der Waals surface area (Å²) < 4.78 is 0. The number of hydrogen-bond acceptors (Lipinski definition) is 5. The van der Waals surface area contributed by atoms with Crippen molar-refractivity contribution in [3.05, 3.63) is 11.9 Å². The van der Waals surface area contributed by atoms with E-state index in [4.69, 9.17) is 0 Å². The van der Waals surface area contributed by atoms with Crippen molar-refractivity contribution in [3.8, 4) is 0 Å². The molecule has 5 heteroatoms. The Labute approximate surface area is 97.3 Å². The predicted octanol–water partition coefficient (Wildman–Crippen LogP) is 0.872. The van der Waals surface area contributed by atoms with E-state index in [0.717, 1.165) is 37.1 Å². The summed E-state index contributed by atoms with van der Waals surface area (Å²) >= 11 is 0. The maximum atomic E-state index is 4.39. The van der Waals surface area contributed by atoms with Gasteiger partial charge in [0.2, 0.25) is 0 Å². The summed E-state index contributed by atoms with van der Waals surface area (Å²) in [5, 5.41) is 6.35. The highest BCUT2D eigenvalue weighted by Crippen LogP contribution is 2.13. The molecule has 90 valence electrons. The van der Waals surface area contributed by atoms with Crippen LogP contribution in [0.15, 0.2) is 6.07 Å². The summed E-state index contributed by atoms with van der Waals surface area (Å²) in [4.78, 5) is 10.8. The van der Waals surface area contributed by atoms with Gasteiger partial charge in [0.05, 0.1) is 0 Å². The topological polar surface area (TPSA) is 53.1 Å². The molecule has 2 N–H and O–H groups in total. The van der Waals surface area contributed by atoms with E-state index in [1.165, 1.54) is 0 Å². The Morgan fingerprint density at radius 1 is 1.31 bits per heavy atom. The normalized spacial score (nSPS) is 10.2. The molecule has 0 amide bonds. The Balaban J connectivity index is 2.73. The molecule has 0 radical (unpaired) electrons. The van der Waals surface area contributed by atoms with Gasteiger partial charge in [-0.15, -0.1) is 0 Å². The molecule has 1 aromatic heterocycles. The number of aromatic nitrogens is 2. The summed E-state index contributed by atoms with van der Waals surface area (Å²) in [5.74, 6) is 2.64. The van der Waals surface area contributed by atoms with Gasteiger partial charge in [0.25, 0.3) is 0 Å². The lowest BCUT2D eigenvalue weighted by Crippen LogP contribution is -2.20. The average molecular weight is 223 g/mol. The van der Waals surface area contributed by atoms with E-state index in [2.05, 4.69) is 32.4 Å². The maximum absolute atomic E-state index is 4.39. The largest absolute Gasteiger partial charge is 0.369 e. The molecular weight excluding hydrogens is 202 g/mol. The van der Waals surface area contributed by atoms with E-state index in [0.29, 0.717) is 0 Å². The van der Waals surface area contributed by atoms with Gasteiger partial charge in [0.1, 0.15) is 17.5 Å². The molecule has 0 aliphatic heterocycles. The molecular formula is C11H21N5. The van der Waals surface area contributed by atoms with Crippen molar-refractivity contribution in [1.29, 1.82) is 0 Å². The molecule has 0 aromatic carbocycles. The highest BCUT2D eigenvalue weighted by molar-refractivity contribution is 5.48. The van der Waals surface area contributed by atoms with Gasteiger partial charge in [-0.2, -0.15) is 0 Å². The molecule has 0 atom stereocenters. The Morgan fingerprint density at radius 2 is 2.06 bits per heavy atom. The zero-order valence-electron chi connectivity index (χ0n) is 10.5. The molecule has 0 aliphatic rings. The average Bonchev–Trinajstić information content (AvgIpc) is 2.27. The van der Waals surface area contributed by atoms with Gasteiger partial charge in [-0.1, -0.05) is 0 Å². The summed E-state index contributed by atoms with van der Waals surface area (Å²) in [6.07, 6.45) is 0. The van der Waals surface area contributed by atoms with Crippen LogP contribution in [-0.2, 0) is 0 Å². The lowest BCUT2D eigenvalue weighted by molar-refractivity contribution is 0.818. The molecule has 0 saturated heterocycles. The van der Waals surface area contributed by atoms with Gasteiger partial charge in [-0.3, -0.25) is 0 Å². The van der Waals surface area contributed by atoms with E-state index in [1.54, 1.807) is 0 Å². The highest BCUT2D eigenvalue weighted by atomic mass is 15.2. The summed E-state index contributed by atoms with van der Waals surface area (Å²) in [5.41, 5.74) is 0. The quantitative estimate of drug-likeness (QED) is 0.701. The molecule has 1 aromatic rings.